The van der Waals surface area contributed by atoms with Crippen molar-refractivity contribution in [3.8, 4) is 17.5 Å². The van der Waals surface area contributed by atoms with Gasteiger partial charge in [-0.25, -0.2) is 24.3 Å². The minimum Gasteiger partial charge on any atom is -0.382 e. The smallest absolute Gasteiger partial charge is 0.266 e. The van der Waals surface area contributed by atoms with Crippen LogP contribution in [0.4, 0.5) is 16.0 Å². The molecule has 1 atom stereocenters. The van der Waals surface area contributed by atoms with E-state index in [0.717, 1.165) is 0 Å². The predicted molar refractivity (Wildman–Crippen MR) is 139 cm³/mol. The second-order valence-corrected chi connectivity index (χ2v) is 8.22. The van der Waals surface area contributed by atoms with E-state index in [4.69, 9.17) is 5.73 Å². The number of nitrogens with two attached hydrogens (primary N) is 1. The largest absolute Gasteiger partial charge is 0.382 e. The number of nitrogens with zero attached hydrogens (tertiary/aromatic N) is 6. The minimum atomic E-state index is -0.608. The van der Waals surface area contributed by atoms with Crippen molar-refractivity contribution in [2.75, 3.05) is 11.1 Å². The van der Waals surface area contributed by atoms with Crippen LogP contribution in [0.1, 0.15) is 35.6 Å². The number of halogens is 1. The third kappa shape index (κ3) is 4.58. The van der Waals surface area contributed by atoms with Crippen LogP contribution in [-0.4, -0.2) is 29.5 Å². The maximum absolute atomic E-state index is 14.8. The molecule has 5 aromatic rings. The lowest BCUT2D eigenvalue weighted by atomic mass is 10.1. The zero-order valence-corrected chi connectivity index (χ0v) is 20.0. The molecule has 0 saturated heterocycles. The summed E-state index contributed by atoms with van der Waals surface area (Å²) < 4.78 is 16.3. The van der Waals surface area contributed by atoms with Gasteiger partial charge in [-0.1, -0.05) is 30.2 Å². The van der Waals surface area contributed by atoms with E-state index >= 15 is 0 Å². The van der Waals surface area contributed by atoms with Gasteiger partial charge in [0.05, 0.1) is 23.3 Å². The number of benzene rings is 2. The Balaban J connectivity index is 1.65. The lowest BCUT2D eigenvalue weighted by Crippen LogP contribution is -2.28. The molecule has 3 heterocycles. The van der Waals surface area contributed by atoms with Gasteiger partial charge >= 0.3 is 0 Å². The van der Waals surface area contributed by atoms with Crippen LogP contribution >= 0.6 is 0 Å². The van der Waals surface area contributed by atoms with Gasteiger partial charge in [-0.2, -0.15) is 0 Å². The molecular formula is C27H21FN8O. The summed E-state index contributed by atoms with van der Waals surface area (Å²) in [5, 5.41) is 3.45. The van der Waals surface area contributed by atoms with Crippen LogP contribution in [0.3, 0.4) is 0 Å². The standard InChI is InChI=1S/C27H21FN8O/c1-16-8-11-21(28)23-22(16)27(37)36(19-6-4-3-5-7-19)26(35-23)17(2)34-25-20(24(29)32-15-33-25)10-9-18-14-30-12-13-31-18/h3-8,11-15,17H,1-2H3,(H3,29,32,33,34). The molecule has 0 fully saturated rings. The van der Waals surface area contributed by atoms with E-state index in [1.54, 1.807) is 38.2 Å². The zero-order valence-electron chi connectivity index (χ0n) is 20.0. The Morgan fingerprint density at radius 2 is 1.86 bits per heavy atom. The molecule has 1 unspecified atom stereocenters. The highest BCUT2D eigenvalue weighted by Gasteiger charge is 2.22. The average Bonchev–Trinajstić information content (AvgIpc) is 2.91. The highest BCUT2D eigenvalue weighted by molar-refractivity contribution is 5.82. The molecule has 0 aliphatic rings. The van der Waals surface area contributed by atoms with Gasteiger partial charge in [0.1, 0.15) is 46.4 Å². The number of nitrogens with one attached hydrogen (secondary N) is 1. The van der Waals surface area contributed by atoms with E-state index in [2.05, 4.69) is 42.1 Å². The molecular weight excluding hydrogens is 471 g/mol. The van der Waals surface area contributed by atoms with E-state index in [1.807, 2.05) is 18.2 Å². The SMILES string of the molecule is Cc1ccc(F)c2nc(C(C)Nc3ncnc(N)c3C#Cc3cnccn3)n(-c3ccccc3)c(=O)c12. The highest BCUT2D eigenvalue weighted by atomic mass is 19.1. The summed E-state index contributed by atoms with van der Waals surface area (Å²) in [5.74, 6) is 6.04. The second kappa shape index (κ2) is 9.83. The third-order valence-corrected chi connectivity index (χ3v) is 5.72. The quantitative estimate of drug-likeness (QED) is 0.365. The first kappa shape index (κ1) is 23.6. The van der Waals surface area contributed by atoms with E-state index < -0.39 is 11.9 Å². The van der Waals surface area contributed by atoms with Crippen molar-refractivity contribution >= 4 is 22.5 Å². The fraction of sp³-hybridized carbons (Fsp3) is 0.111. The van der Waals surface area contributed by atoms with Crippen molar-refractivity contribution in [2.24, 2.45) is 0 Å². The fourth-order valence-electron chi connectivity index (χ4n) is 3.94. The fourth-order valence-corrected chi connectivity index (χ4v) is 3.94. The molecule has 10 heteroatoms. The lowest BCUT2D eigenvalue weighted by Gasteiger charge is -2.21. The topological polar surface area (TPSA) is 124 Å². The number of anilines is 2. The highest BCUT2D eigenvalue weighted by Crippen LogP contribution is 2.25. The van der Waals surface area contributed by atoms with Crippen molar-refractivity contribution in [3.05, 3.63) is 106 Å². The average molecular weight is 493 g/mol. The predicted octanol–water partition coefficient (Wildman–Crippen LogP) is 3.57. The van der Waals surface area contributed by atoms with Gasteiger partial charge in [-0.15, -0.1) is 0 Å². The molecule has 9 nitrogen and oxygen atoms in total. The summed E-state index contributed by atoms with van der Waals surface area (Å²) in [6, 6.07) is 11.3. The number of hydrogen-bond acceptors (Lipinski definition) is 8. The molecule has 0 saturated carbocycles. The molecule has 0 bridgehead atoms. The van der Waals surface area contributed by atoms with Crippen LogP contribution in [0.2, 0.25) is 0 Å². The number of aromatic nitrogens is 6. The molecule has 5 rings (SSSR count). The lowest BCUT2D eigenvalue weighted by molar-refractivity contribution is 0.631. The molecule has 37 heavy (non-hydrogen) atoms. The van der Waals surface area contributed by atoms with Gasteiger partial charge in [0.15, 0.2) is 0 Å². The summed E-state index contributed by atoms with van der Waals surface area (Å²) in [7, 11) is 0. The van der Waals surface area contributed by atoms with Crippen molar-refractivity contribution in [2.45, 2.75) is 19.9 Å². The number of rotatable bonds is 4. The van der Waals surface area contributed by atoms with Gasteiger partial charge < -0.3 is 11.1 Å². The first-order valence-corrected chi connectivity index (χ1v) is 11.4. The van der Waals surface area contributed by atoms with Crippen molar-refractivity contribution < 1.29 is 4.39 Å². The maximum Gasteiger partial charge on any atom is 0.266 e. The molecule has 0 aliphatic heterocycles. The normalized spacial score (nSPS) is 11.5. The number of nitrogen functional groups attached to an aromatic ring is 1. The molecule has 0 radical (unpaired) electrons. The maximum atomic E-state index is 14.8. The van der Waals surface area contributed by atoms with Crippen molar-refractivity contribution in [1.82, 2.24) is 29.5 Å². The summed E-state index contributed by atoms with van der Waals surface area (Å²) in [6.07, 6.45) is 5.91. The van der Waals surface area contributed by atoms with Crippen LogP contribution in [0.25, 0.3) is 16.6 Å². The van der Waals surface area contributed by atoms with Crippen LogP contribution in [0, 0.1) is 24.6 Å². The molecule has 0 spiro atoms. The van der Waals surface area contributed by atoms with Crippen molar-refractivity contribution in [1.29, 1.82) is 0 Å². The van der Waals surface area contributed by atoms with Gasteiger partial charge in [0, 0.05) is 12.4 Å². The summed E-state index contributed by atoms with van der Waals surface area (Å²) in [5.41, 5.74) is 7.76. The number of hydrogen-bond donors (Lipinski definition) is 2. The molecule has 0 amide bonds. The molecule has 3 N–H and O–H groups in total. The molecule has 2 aromatic carbocycles. The Bertz CT molecular complexity index is 1730. The number of aryl methyl sites for hydroxylation is 1. The summed E-state index contributed by atoms with van der Waals surface area (Å²) in [6.45, 7) is 3.55. The Kier molecular flexibility index (Phi) is 6.26. The summed E-state index contributed by atoms with van der Waals surface area (Å²) >= 11 is 0. The minimum absolute atomic E-state index is 0.00528. The van der Waals surface area contributed by atoms with Crippen LogP contribution < -0.4 is 16.6 Å². The van der Waals surface area contributed by atoms with E-state index in [1.165, 1.54) is 29.4 Å². The monoisotopic (exact) mass is 492 g/mol. The Labute approximate surface area is 211 Å². The first-order chi connectivity index (χ1) is 17.9. The van der Waals surface area contributed by atoms with Gasteiger partial charge in [-0.3, -0.25) is 14.3 Å². The van der Waals surface area contributed by atoms with E-state index in [9.17, 15) is 9.18 Å². The van der Waals surface area contributed by atoms with Crippen LogP contribution in [0.5, 0.6) is 0 Å². The first-order valence-electron chi connectivity index (χ1n) is 11.4. The van der Waals surface area contributed by atoms with E-state index in [0.29, 0.717) is 34.2 Å². The van der Waals surface area contributed by atoms with Crippen molar-refractivity contribution in [3.63, 3.8) is 0 Å². The summed E-state index contributed by atoms with van der Waals surface area (Å²) in [4.78, 5) is 34.8. The zero-order chi connectivity index (χ0) is 25.9. The van der Waals surface area contributed by atoms with Gasteiger partial charge in [0.25, 0.3) is 5.56 Å². The second-order valence-electron chi connectivity index (χ2n) is 8.22. The van der Waals surface area contributed by atoms with Crippen LogP contribution in [-0.2, 0) is 0 Å². The van der Waals surface area contributed by atoms with E-state index in [-0.39, 0.29) is 22.3 Å². The Hall–Kier alpha value is -5.17. The molecule has 3 aromatic heterocycles. The Morgan fingerprint density at radius 1 is 1.05 bits per heavy atom. The number of para-hydroxylation sites is 1. The van der Waals surface area contributed by atoms with Gasteiger partial charge in [-0.05, 0) is 43.5 Å². The third-order valence-electron chi connectivity index (χ3n) is 5.72. The molecule has 0 aliphatic carbocycles. The molecule has 182 valence electrons. The van der Waals surface area contributed by atoms with Crippen LogP contribution in [0.15, 0.2) is 72.2 Å². The number of fused-ring (bicyclic) bond motifs is 1. The Morgan fingerprint density at radius 3 is 2.62 bits per heavy atom. The van der Waals surface area contributed by atoms with Gasteiger partial charge in [0.2, 0.25) is 0 Å².